The lowest BCUT2D eigenvalue weighted by Crippen LogP contribution is -2.30. The van der Waals surface area contributed by atoms with Crippen LogP contribution in [0.4, 0.5) is 5.13 Å². The first kappa shape index (κ1) is 18.4. The van der Waals surface area contributed by atoms with Crippen LogP contribution in [0, 0.1) is 0 Å². The molecule has 1 aromatic rings. The number of hydrogen-bond acceptors (Lipinski definition) is 5. The van der Waals surface area contributed by atoms with Gasteiger partial charge in [-0.3, -0.25) is 0 Å². The molecule has 1 N–H and O–H groups in total. The average Bonchev–Trinajstić information content (AvgIpc) is 2.79. The van der Waals surface area contributed by atoms with Gasteiger partial charge in [0.2, 0.25) is 0 Å². The second-order valence-corrected chi connectivity index (χ2v) is 7.63. The Balaban J connectivity index is 2.96. The van der Waals surface area contributed by atoms with Crippen molar-refractivity contribution in [1.82, 2.24) is 10.3 Å². The summed E-state index contributed by atoms with van der Waals surface area (Å²) in [4.78, 5) is 8.65. The molecule has 0 saturated carbocycles. The van der Waals surface area contributed by atoms with Crippen molar-refractivity contribution in [3.63, 3.8) is 0 Å². The van der Waals surface area contributed by atoms with E-state index in [1.807, 2.05) is 11.3 Å². The summed E-state index contributed by atoms with van der Waals surface area (Å²) in [5, 5.41) is 4.58. The summed E-state index contributed by atoms with van der Waals surface area (Å²) in [6, 6.07) is 0.475. The van der Waals surface area contributed by atoms with Crippen LogP contribution in [0.3, 0.4) is 0 Å². The largest absolute Gasteiger partial charge is 0.383 e. The summed E-state index contributed by atoms with van der Waals surface area (Å²) in [5.41, 5.74) is 1.29. The first-order valence-corrected chi connectivity index (χ1v) is 8.59. The molecule has 0 saturated heterocycles. The van der Waals surface area contributed by atoms with Gasteiger partial charge in [-0.1, -0.05) is 20.8 Å². The molecule has 0 unspecified atom stereocenters. The molecule has 1 rings (SSSR count). The number of nitrogens with zero attached hydrogens (tertiary/aromatic N) is 2. The Labute approximate surface area is 133 Å². The lowest BCUT2D eigenvalue weighted by atomic mass is 9.91. The number of nitrogens with one attached hydrogen (secondary N) is 1. The van der Waals surface area contributed by atoms with Gasteiger partial charge in [0.15, 0.2) is 5.13 Å². The molecule has 0 bridgehead atoms. The molecule has 0 amide bonds. The predicted octanol–water partition coefficient (Wildman–Crippen LogP) is 3.41. The highest BCUT2D eigenvalue weighted by Gasteiger charge is 2.25. The highest BCUT2D eigenvalue weighted by Crippen LogP contribution is 2.34. The van der Waals surface area contributed by atoms with Crippen LogP contribution in [-0.2, 0) is 16.7 Å². The van der Waals surface area contributed by atoms with Crippen molar-refractivity contribution < 1.29 is 4.74 Å². The highest BCUT2D eigenvalue weighted by atomic mass is 32.1. The van der Waals surface area contributed by atoms with E-state index in [4.69, 9.17) is 9.72 Å². The van der Waals surface area contributed by atoms with Crippen LogP contribution in [0.25, 0.3) is 0 Å². The van der Waals surface area contributed by atoms with E-state index in [1.54, 1.807) is 7.11 Å². The monoisotopic (exact) mass is 313 g/mol. The van der Waals surface area contributed by atoms with Crippen molar-refractivity contribution in [1.29, 1.82) is 0 Å². The Bertz CT molecular complexity index is 424. The Morgan fingerprint density at radius 3 is 2.48 bits per heavy atom. The van der Waals surface area contributed by atoms with Gasteiger partial charge < -0.3 is 15.0 Å². The van der Waals surface area contributed by atoms with E-state index in [0.717, 1.165) is 31.4 Å². The van der Waals surface area contributed by atoms with Gasteiger partial charge in [0.1, 0.15) is 0 Å². The number of rotatable bonds is 8. The molecule has 0 atom stereocenters. The quantitative estimate of drug-likeness (QED) is 0.746. The number of methoxy groups -OCH3 is 1. The summed E-state index contributed by atoms with van der Waals surface area (Å²) in [6.45, 7) is 16.8. The van der Waals surface area contributed by atoms with Gasteiger partial charge >= 0.3 is 0 Å². The molecule has 21 heavy (non-hydrogen) atoms. The standard InChI is InChI=1S/C16H31N3OS/c1-8-19(12(2)3)15-18-14(16(4,5)6)13(21-15)11-17-9-10-20-7/h12,17H,8-11H2,1-7H3. The summed E-state index contributed by atoms with van der Waals surface area (Å²) >= 11 is 1.82. The van der Waals surface area contributed by atoms with Crippen molar-refractivity contribution in [2.24, 2.45) is 0 Å². The van der Waals surface area contributed by atoms with Crippen LogP contribution in [0.5, 0.6) is 0 Å². The van der Waals surface area contributed by atoms with Crippen LogP contribution < -0.4 is 10.2 Å². The molecule has 5 heteroatoms. The maximum absolute atomic E-state index is 5.09. The molecule has 0 aliphatic carbocycles. The number of thiazole rings is 1. The topological polar surface area (TPSA) is 37.4 Å². The maximum Gasteiger partial charge on any atom is 0.186 e. The third kappa shape index (κ3) is 5.24. The summed E-state index contributed by atoms with van der Waals surface area (Å²) in [7, 11) is 1.73. The smallest absolute Gasteiger partial charge is 0.186 e. The molecule has 0 aromatic carbocycles. The zero-order valence-electron chi connectivity index (χ0n) is 14.6. The Kier molecular flexibility index (Phi) is 7.10. The van der Waals surface area contributed by atoms with E-state index in [2.05, 4.69) is 51.8 Å². The predicted molar refractivity (Wildman–Crippen MR) is 92.6 cm³/mol. The molecular weight excluding hydrogens is 282 g/mol. The molecule has 0 aliphatic rings. The van der Waals surface area contributed by atoms with Gasteiger partial charge in [0, 0.05) is 43.1 Å². The number of anilines is 1. The summed E-state index contributed by atoms with van der Waals surface area (Å²) in [6.07, 6.45) is 0. The SMILES string of the molecule is CCN(c1nc(C(C)(C)C)c(CNCCOC)s1)C(C)C. The van der Waals surface area contributed by atoms with E-state index in [0.29, 0.717) is 6.04 Å². The minimum absolute atomic E-state index is 0.0728. The van der Waals surface area contributed by atoms with Crippen LogP contribution >= 0.6 is 11.3 Å². The van der Waals surface area contributed by atoms with Crippen molar-refractivity contribution in [2.75, 3.05) is 31.7 Å². The van der Waals surface area contributed by atoms with Gasteiger partial charge in [-0.15, -0.1) is 11.3 Å². The van der Waals surface area contributed by atoms with Crippen LogP contribution in [0.15, 0.2) is 0 Å². The van der Waals surface area contributed by atoms with Gasteiger partial charge in [-0.25, -0.2) is 4.98 Å². The molecule has 1 heterocycles. The number of ether oxygens (including phenoxy) is 1. The normalized spacial score (nSPS) is 12.2. The molecule has 1 aromatic heterocycles. The second kappa shape index (κ2) is 8.11. The first-order valence-electron chi connectivity index (χ1n) is 7.77. The van der Waals surface area contributed by atoms with Crippen molar-refractivity contribution in [3.8, 4) is 0 Å². The van der Waals surface area contributed by atoms with Gasteiger partial charge in [-0.05, 0) is 20.8 Å². The van der Waals surface area contributed by atoms with Gasteiger partial charge in [-0.2, -0.15) is 0 Å². The molecule has 122 valence electrons. The van der Waals surface area contributed by atoms with Crippen molar-refractivity contribution in [3.05, 3.63) is 10.6 Å². The fourth-order valence-electron chi connectivity index (χ4n) is 2.27. The minimum Gasteiger partial charge on any atom is -0.383 e. The van der Waals surface area contributed by atoms with E-state index >= 15 is 0 Å². The zero-order valence-corrected chi connectivity index (χ0v) is 15.4. The van der Waals surface area contributed by atoms with E-state index in [9.17, 15) is 0 Å². The number of aromatic nitrogens is 1. The van der Waals surface area contributed by atoms with Crippen LogP contribution in [0.2, 0.25) is 0 Å². The van der Waals surface area contributed by atoms with E-state index in [-0.39, 0.29) is 5.41 Å². The third-order valence-electron chi connectivity index (χ3n) is 3.37. The number of hydrogen-bond donors (Lipinski definition) is 1. The highest BCUT2D eigenvalue weighted by molar-refractivity contribution is 7.15. The molecular formula is C16H31N3OS. The lowest BCUT2D eigenvalue weighted by molar-refractivity contribution is 0.199. The molecule has 0 fully saturated rings. The third-order valence-corrected chi connectivity index (χ3v) is 4.47. The summed E-state index contributed by atoms with van der Waals surface area (Å²) < 4.78 is 5.09. The molecule has 4 nitrogen and oxygen atoms in total. The Morgan fingerprint density at radius 2 is 2.00 bits per heavy atom. The van der Waals surface area contributed by atoms with Gasteiger partial charge in [0.05, 0.1) is 12.3 Å². The zero-order chi connectivity index (χ0) is 16.0. The van der Waals surface area contributed by atoms with Crippen LogP contribution in [0.1, 0.15) is 52.1 Å². The average molecular weight is 314 g/mol. The van der Waals surface area contributed by atoms with Crippen LogP contribution in [-0.4, -0.2) is 37.8 Å². The fourth-order valence-corrected chi connectivity index (χ4v) is 3.70. The minimum atomic E-state index is 0.0728. The van der Waals surface area contributed by atoms with Crippen molar-refractivity contribution in [2.45, 2.75) is 59.5 Å². The molecule has 0 aliphatic heterocycles. The molecule has 0 radical (unpaired) electrons. The summed E-state index contributed by atoms with van der Waals surface area (Å²) in [5.74, 6) is 0. The maximum atomic E-state index is 5.09. The van der Waals surface area contributed by atoms with E-state index < -0.39 is 0 Å². The van der Waals surface area contributed by atoms with E-state index in [1.165, 1.54) is 10.6 Å². The fraction of sp³-hybridized carbons (Fsp3) is 0.812. The van der Waals surface area contributed by atoms with Crippen molar-refractivity contribution >= 4 is 16.5 Å². The Hall–Kier alpha value is -0.650. The second-order valence-electron chi connectivity index (χ2n) is 6.57. The van der Waals surface area contributed by atoms with Gasteiger partial charge in [0.25, 0.3) is 0 Å². The lowest BCUT2D eigenvalue weighted by Gasteiger charge is -2.24. The first-order chi connectivity index (χ1) is 9.81. The Morgan fingerprint density at radius 1 is 1.33 bits per heavy atom. The molecule has 0 spiro atoms.